The first-order valence-electron chi connectivity index (χ1n) is 7.91. The Morgan fingerprint density at radius 3 is 2.31 bits per heavy atom. The van der Waals surface area contributed by atoms with Crippen molar-refractivity contribution in [2.75, 3.05) is 38.3 Å². The van der Waals surface area contributed by atoms with Crippen LogP contribution >= 0.6 is 11.6 Å². The van der Waals surface area contributed by atoms with Crippen LogP contribution in [-0.4, -0.2) is 52.2 Å². The second-order valence-electron chi connectivity index (χ2n) is 5.88. The normalized spacial score (nSPS) is 11.4. The number of halogens is 1. The van der Waals surface area contributed by atoms with Crippen molar-refractivity contribution in [3.63, 3.8) is 0 Å². The lowest BCUT2D eigenvalue weighted by molar-refractivity contribution is -0.117. The number of hydrogen-bond donors (Lipinski definition) is 1. The zero-order valence-electron chi connectivity index (χ0n) is 14.6. The number of anilines is 1. The molecule has 0 radical (unpaired) electrons. The third-order valence-electron chi connectivity index (χ3n) is 3.54. The highest BCUT2D eigenvalue weighted by Gasteiger charge is 2.09. The number of benzene rings is 2. The van der Waals surface area contributed by atoms with Crippen LogP contribution in [0.5, 0.6) is 5.75 Å². The smallest absolute Gasteiger partial charge is 0.238 e. The van der Waals surface area contributed by atoms with Gasteiger partial charge in [0.1, 0.15) is 12.4 Å². The van der Waals surface area contributed by atoms with Gasteiger partial charge < -0.3 is 10.1 Å². The molecule has 0 aliphatic carbocycles. The topological polar surface area (TPSA) is 75.7 Å². The largest absolute Gasteiger partial charge is 0.492 e. The van der Waals surface area contributed by atoms with E-state index in [1.165, 1.54) is 12.1 Å². The highest BCUT2D eigenvalue weighted by atomic mass is 35.5. The summed E-state index contributed by atoms with van der Waals surface area (Å²) in [6, 6.07) is 13.1. The van der Waals surface area contributed by atoms with E-state index in [1.54, 1.807) is 36.4 Å². The van der Waals surface area contributed by atoms with Crippen molar-refractivity contribution in [2.45, 2.75) is 4.90 Å². The summed E-state index contributed by atoms with van der Waals surface area (Å²) in [5.74, 6) is 0.532. The maximum atomic E-state index is 12.0. The number of rotatable bonds is 8. The Balaban J connectivity index is 1.75. The van der Waals surface area contributed by atoms with Gasteiger partial charge in [-0.05, 0) is 55.6 Å². The van der Waals surface area contributed by atoms with Gasteiger partial charge in [0.2, 0.25) is 5.91 Å². The molecular weight excluding hydrogens is 376 g/mol. The van der Waals surface area contributed by atoms with E-state index < -0.39 is 9.84 Å². The van der Waals surface area contributed by atoms with E-state index in [0.717, 1.165) is 12.0 Å². The Kier molecular flexibility index (Phi) is 7.02. The lowest BCUT2D eigenvalue weighted by Crippen LogP contribution is -2.33. The minimum absolute atomic E-state index is 0.189. The molecule has 0 saturated carbocycles. The van der Waals surface area contributed by atoms with Crippen LogP contribution in [-0.2, 0) is 14.6 Å². The second-order valence-corrected chi connectivity index (χ2v) is 8.34. The molecule has 2 aromatic carbocycles. The van der Waals surface area contributed by atoms with Crippen LogP contribution in [0.15, 0.2) is 53.4 Å². The van der Waals surface area contributed by atoms with E-state index in [1.807, 2.05) is 11.9 Å². The van der Waals surface area contributed by atoms with Crippen LogP contribution in [0.25, 0.3) is 0 Å². The van der Waals surface area contributed by atoms with Gasteiger partial charge in [-0.3, -0.25) is 9.69 Å². The van der Waals surface area contributed by atoms with Crippen molar-refractivity contribution in [2.24, 2.45) is 0 Å². The van der Waals surface area contributed by atoms with Gasteiger partial charge in [-0.25, -0.2) is 8.42 Å². The number of nitrogens with zero attached hydrogens (tertiary/aromatic N) is 1. The SMILES string of the molecule is CN(CCOc1ccc(Cl)cc1)CC(=O)Nc1ccc(S(C)(=O)=O)cc1. The molecule has 1 amide bonds. The Morgan fingerprint density at radius 2 is 1.73 bits per heavy atom. The molecule has 0 spiro atoms. The fourth-order valence-corrected chi connectivity index (χ4v) is 2.92. The van der Waals surface area contributed by atoms with Crippen molar-refractivity contribution in [1.82, 2.24) is 4.90 Å². The minimum Gasteiger partial charge on any atom is -0.492 e. The summed E-state index contributed by atoms with van der Waals surface area (Å²) in [6.45, 7) is 1.20. The van der Waals surface area contributed by atoms with Gasteiger partial charge in [0.15, 0.2) is 9.84 Å². The van der Waals surface area contributed by atoms with Crippen molar-refractivity contribution in [3.05, 3.63) is 53.6 Å². The molecule has 0 saturated heterocycles. The third kappa shape index (κ3) is 6.67. The van der Waals surface area contributed by atoms with Gasteiger partial charge in [-0.1, -0.05) is 11.6 Å². The van der Waals surface area contributed by atoms with Crippen molar-refractivity contribution < 1.29 is 17.9 Å². The van der Waals surface area contributed by atoms with Crippen LogP contribution in [0.3, 0.4) is 0 Å². The predicted molar refractivity (Wildman–Crippen MR) is 103 cm³/mol. The quantitative estimate of drug-likeness (QED) is 0.742. The van der Waals surface area contributed by atoms with E-state index in [2.05, 4.69) is 5.32 Å². The summed E-state index contributed by atoms with van der Waals surface area (Å²) in [6.07, 6.45) is 1.14. The van der Waals surface area contributed by atoms with Crippen molar-refractivity contribution in [1.29, 1.82) is 0 Å². The molecular formula is C18H21ClN2O4S. The van der Waals surface area contributed by atoms with Crippen molar-refractivity contribution >= 4 is 33.0 Å². The number of amides is 1. The number of likely N-dealkylation sites (N-methyl/N-ethyl adjacent to an activating group) is 1. The molecule has 0 fully saturated rings. The first kappa shape index (κ1) is 20.2. The van der Waals surface area contributed by atoms with Gasteiger partial charge >= 0.3 is 0 Å². The van der Waals surface area contributed by atoms with Gasteiger partial charge in [-0.15, -0.1) is 0 Å². The number of hydrogen-bond acceptors (Lipinski definition) is 5. The molecule has 0 aliphatic rings. The molecule has 8 heteroatoms. The fourth-order valence-electron chi connectivity index (χ4n) is 2.16. The Bertz CT molecular complexity index is 836. The molecule has 0 atom stereocenters. The summed E-state index contributed by atoms with van der Waals surface area (Å²) in [5.41, 5.74) is 0.549. The lowest BCUT2D eigenvalue weighted by atomic mass is 10.3. The van der Waals surface area contributed by atoms with Gasteiger partial charge in [-0.2, -0.15) is 0 Å². The monoisotopic (exact) mass is 396 g/mol. The molecule has 26 heavy (non-hydrogen) atoms. The number of nitrogens with one attached hydrogen (secondary N) is 1. The number of ether oxygens (including phenoxy) is 1. The molecule has 0 unspecified atom stereocenters. The Labute approximate surface area is 158 Å². The van der Waals surface area contributed by atoms with Gasteiger partial charge in [0, 0.05) is 23.5 Å². The minimum atomic E-state index is -3.24. The molecule has 6 nitrogen and oxygen atoms in total. The first-order chi connectivity index (χ1) is 12.2. The summed E-state index contributed by atoms with van der Waals surface area (Å²) >= 11 is 5.81. The van der Waals surface area contributed by atoms with Crippen LogP contribution < -0.4 is 10.1 Å². The number of carbonyl (C=O) groups excluding carboxylic acids is 1. The molecule has 0 aliphatic heterocycles. The third-order valence-corrected chi connectivity index (χ3v) is 4.92. The zero-order valence-corrected chi connectivity index (χ0v) is 16.2. The van der Waals surface area contributed by atoms with E-state index in [0.29, 0.717) is 23.9 Å². The standard InChI is InChI=1S/C18H21ClN2O4S/c1-21(11-12-25-16-7-3-14(19)4-8-16)13-18(22)20-15-5-9-17(10-6-15)26(2,23)24/h3-10H,11-13H2,1-2H3,(H,20,22). The number of sulfone groups is 1. The maximum absolute atomic E-state index is 12.0. The second kappa shape index (κ2) is 9.02. The molecule has 0 heterocycles. The molecule has 1 N–H and O–H groups in total. The summed E-state index contributed by atoms with van der Waals surface area (Å²) < 4.78 is 28.4. The highest BCUT2D eigenvalue weighted by molar-refractivity contribution is 7.90. The van der Waals surface area contributed by atoms with Crippen LogP contribution in [0.2, 0.25) is 5.02 Å². The van der Waals surface area contributed by atoms with Gasteiger partial charge in [0.05, 0.1) is 11.4 Å². The van der Waals surface area contributed by atoms with Crippen molar-refractivity contribution in [3.8, 4) is 5.75 Å². The average molecular weight is 397 g/mol. The summed E-state index contributed by atoms with van der Waals surface area (Å²) in [7, 11) is -1.43. The van der Waals surface area contributed by atoms with Gasteiger partial charge in [0.25, 0.3) is 0 Å². The maximum Gasteiger partial charge on any atom is 0.238 e. The molecule has 140 valence electrons. The van der Waals surface area contributed by atoms with E-state index in [9.17, 15) is 13.2 Å². The van der Waals surface area contributed by atoms with Crippen LogP contribution in [0, 0.1) is 0 Å². The average Bonchev–Trinajstić information content (AvgIpc) is 2.56. The van der Waals surface area contributed by atoms with E-state index in [4.69, 9.17) is 16.3 Å². The Morgan fingerprint density at radius 1 is 1.12 bits per heavy atom. The van der Waals surface area contributed by atoms with Crippen LogP contribution in [0.4, 0.5) is 5.69 Å². The predicted octanol–water partition coefficient (Wildman–Crippen LogP) is 2.69. The molecule has 0 aromatic heterocycles. The first-order valence-corrected chi connectivity index (χ1v) is 10.2. The molecule has 2 aromatic rings. The lowest BCUT2D eigenvalue weighted by Gasteiger charge is -2.16. The van der Waals surface area contributed by atoms with Crippen LogP contribution in [0.1, 0.15) is 0 Å². The summed E-state index contributed by atoms with van der Waals surface area (Å²) in [4.78, 5) is 14.1. The van der Waals surface area contributed by atoms with E-state index in [-0.39, 0.29) is 17.3 Å². The highest BCUT2D eigenvalue weighted by Crippen LogP contribution is 2.15. The number of carbonyl (C=O) groups is 1. The molecule has 0 bridgehead atoms. The van der Waals surface area contributed by atoms with E-state index >= 15 is 0 Å². The summed E-state index contributed by atoms with van der Waals surface area (Å²) in [5, 5.41) is 3.38. The zero-order chi connectivity index (χ0) is 19.2. The Hall–Kier alpha value is -2.09. The molecule has 2 rings (SSSR count). The fraction of sp³-hybridized carbons (Fsp3) is 0.278.